The first-order valence-electron chi connectivity index (χ1n) is 12.3. The molecule has 34 heavy (non-hydrogen) atoms. The molecule has 2 bridgehead atoms. The number of amides is 1. The Morgan fingerprint density at radius 2 is 1.94 bits per heavy atom. The van der Waals surface area contributed by atoms with Crippen molar-refractivity contribution in [3.63, 3.8) is 0 Å². The first-order chi connectivity index (χ1) is 16.6. The zero-order valence-corrected chi connectivity index (χ0v) is 20.7. The highest BCUT2D eigenvalue weighted by atomic mass is 32.1. The van der Waals surface area contributed by atoms with Gasteiger partial charge in [-0.15, -0.1) is 11.3 Å². The van der Waals surface area contributed by atoms with Crippen LogP contribution in [0.15, 0.2) is 36.7 Å². The summed E-state index contributed by atoms with van der Waals surface area (Å²) >= 11 is 1.46. The molecule has 3 N–H and O–H groups in total. The first kappa shape index (κ1) is 23.2. The lowest BCUT2D eigenvalue weighted by molar-refractivity contribution is 0.0892. The highest BCUT2D eigenvalue weighted by molar-refractivity contribution is 7.21. The maximum absolute atomic E-state index is 13.2. The predicted molar refractivity (Wildman–Crippen MR) is 137 cm³/mol. The monoisotopic (exact) mass is 479 g/mol. The zero-order valence-electron chi connectivity index (χ0n) is 19.9. The molecule has 0 spiro atoms. The summed E-state index contributed by atoms with van der Waals surface area (Å²) < 4.78 is 5.78. The summed E-state index contributed by atoms with van der Waals surface area (Å²) in [5.41, 5.74) is 7.57. The predicted octanol–water partition coefficient (Wildman–Crippen LogP) is 4.22. The van der Waals surface area contributed by atoms with Gasteiger partial charge in [-0.2, -0.15) is 0 Å². The standard InChI is InChI=1S/C26H33N5O2S/c1-16(2)30-25(32)23-21(18-6-4-3-5-7-18)22-24(28-15-29-26(22)34-23)31-19-8-9-20(31)13-17(12-19)14-33-11-10-27/h3-7,15-17,19-20H,8-14,27H2,1-2H3,(H,30,32)/t17?,19-,20+. The van der Waals surface area contributed by atoms with Gasteiger partial charge in [0, 0.05) is 36.8 Å². The van der Waals surface area contributed by atoms with Crippen LogP contribution in [0, 0.1) is 5.92 Å². The number of nitrogens with one attached hydrogen (secondary N) is 1. The first-order valence-corrected chi connectivity index (χ1v) is 13.1. The van der Waals surface area contributed by atoms with Gasteiger partial charge in [-0.3, -0.25) is 4.79 Å². The normalized spacial score (nSPS) is 22.0. The third kappa shape index (κ3) is 4.42. The number of benzene rings is 1. The number of ether oxygens (including phenoxy) is 1. The molecule has 4 heterocycles. The molecule has 5 rings (SSSR count). The largest absolute Gasteiger partial charge is 0.380 e. The van der Waals surface area contributed by atoms with E-state index in [0.717, 1.165) is 59.5 Å². The van der Waals surface area contributed by atoms with Crippen molar-refractivity contribution in [3.8, 4) is 11.1 Å². The average molecular weight is 480 g/mol. The Kier molecular flexibility index (Phi) is 6.81. The fourth-order valence-corrected chi connectivity index (χ4v) is 6.65. The van der Waals surface area contributed by atoms with Gasteiger partial charge < -0.3 is 20.7 Å². The SMILES string of the molecule is CC(C)NC(=O)c1sc2ncnc(N3[C@@H]4CC[C@H]3CC(COCCN)C4)c2c1-c1ccccc1. The molecule has 180 valence electrons. The van der Waals surface area contributed by atoms with Crippen LogP contribution >= 0.6 is 11.3 Å². The van der Waals surface area contributed by atoms with E-state index in [1.807, 2.05) is 32.0 Å². The van der Waals surface area contributed by atoms with E-state index in [9.17, 15) is 4.79 Å². The minimum Gasteiger partial charge on any atom is -0.380 e. The highest BCUT2D eigenvalue weighted by Crippen LogP contribution is 2.47. The van der Waals surface area contributed by atoms with Crippen molar-refractivity contribution >= 4 is 33.3 Å². The van der Waals surface area contributed by atoms with Crippen molar-refractivity contribution in [2.45, 2.75) is 57.7 Å². The van der Waals surface area contributed by atoms with E-state index in [1.54, 1.807) is 6.33 Å². The second kappa shape index (κ2) is 9.98. The van der Waals surface area contributed by atoms with Gasteiger partial charge in [-0.05, 0) is 51.0 Å². The summed E-state index contributed by atoms with van der Waals surface area (Å²) in [5.74, 6) is 1.47. The number of anilines is 1. The number of nitrogens with zero attached hydrogens (tertiary/aromatic N) is 3. The quantitative estimate of drug-likeness (QED) is 0.470. The van der Waals surface area contributed by atoms with E-state index in [2.05, 4.69) is 27.3 Å². The Morgan fingerprint density at radius 3 is 2.62 bits per heavy atom. The highest BCUT2D eigenvalue weighted by Gasteiger charge is 2.42. The van der Waals surface area contributed by atoms with Crippen molar-refractivity contribution in [2.75, 3.05) is 24.7 Å². The molecule has 2 aromatic heterocycles. The Bertz CT molecular complexity index is 1130. The Labute approximate surface area is 204 Å². The summed E-state index contributed by atoms with van der Waals surface area (Å²) in [4.78, 5) is 26.8. The van der Waals surface area contributed by atoms with Gasteiger partial charge in [0.25, 0.3) is 5.91 Å². The minimum absolute atomic E-state index is 0.0541. The van der Waals surface area contributed by atoms with Gasteiger partial charge in [-0.25, -0.2) is 9.97 Å². The van der Waals surface area contributed by atoms with Gasteiger partial charge in [0.1, 0.15) is 21.9 Å². The van der Waals surface area contributed by atoms with Gasteiger partial charge in [-0.1, -0.05) is 30.3 Å². The number of rotatable bonds is 8. The smallest absolute Gasteiger partial charge is 0.262 e. The molecule has 0 radical (unpaired) electrons. The van der Waals surface area contributed by atoms with E-state index in [1.165, 1.54) is 11.3 Å². The number of carbonyl (C=O) groups is 1. The molecule has 2 saturated heterocycles. The van der Waals surface area contributed by atoms with Crippen LogP contribution < -0.4 is 16.0 Å². The van der Waals surface area contributed by atoms with Gasteiger partial charge in [0.05, 0.1) is 12.0 Å². The Hall–Kier alpha value is -2.55. The molecule has 3 atom stereocenters. The van der Waals surface area contributed by atoms with E-state index < -0.39 is 0 Å². The van der Waals surface area contributed by atoms with E-state index in [4.69, 9.17) is 15.5 Å². The van der Waals surface area contributed by atoms with Crippen LogP contribution in [0.25, 0.3) is 21.3 Å². The van der Waals surface area contributed by atoms with Gasteiger partial charge in [0.15, 0.2) is 0 Å². The number of thiophene rings is 1. The van der Waals surface area contributed by atoms with Crippen LogP contribution in [0.4, 0.5) is 5.82 Å². The lowest BCUT2D eigenvalue weighted by Crippen LogP contribution is -2.44. The van der Waals surface area contributed by atoms with E-state index in [-0.39, 0.29) is 11.9 Å². The third-order valence-electron chi connectivity index (χ3n) is 6.85. The van der Waals surface area contributed by atoms with Crippen molar-refractivity contribution in [1.82, 2.24) is 15.3 Å². The lowest BCUT2D eigenvalue weighted by atomic mass is 9.91. The topological polar surface area (TPSA) is 93.4 Å². The maximum atomic E-state index is 13.2. The van der Waals surface area contributed by atoms with Crippen molar-refractivity contribution in [3.05, 3.63) is 41.5 Å². The van der Waals surface area contributed by atoms with Crippen LogP contribution in [-0.2, 0) is 4.74 Å². The van der Waals surface area contributed by atoms with Crippen LogP contribution in [0.2, 0.25) is 0 Å². The Balaban J connectivity index is 1.57. The number of aromatic nitrogens is 2. The second-order valence-electron chi connectivity index (χ2n) is 9.67. The number of hydrogen-bond donors (Lipinski definition) is 2. The molecule has 2 aliphatic rings. The maximum Gasteiger partial charge on any atom is 0.262 e. The fraction of sp³-hybridized carbons (Fsp3) is 0.500. The summed E-state index contributed by atoms with van der Waals surface area (Å²) in [7, 11) is 0. The number of piperidine rings is 1. The second-order valence-corrected chi connectivity index (χ2v) is 10.7. The number of fused-ring (bicyclic) bond motifs is 3. The molecule has 1 unspecified atom stereocenters. The van der Waals surface area contributed by atoms with E-state index in [0.29, 0.717) is 36.0 Å². The van der Waals surface area contributed by atoms with Crippen molar-refractivity contribution < 1.29 is 9.53 Å². The molecule has 0 aliphatic carbocycles. The molecular formula is C26H33N5O2S. The van der Waals surface area contributed by atoms with Crippen LogP contribution in [0.1, 0.15) is 49.2 Å². The fourth-order valence-electron chi connectivity index (χ4n) is 5.59. The molecule has 7 nitrogen and oxygen atoms in total. The minimum atomic E-state index is -0.0541. The summed E-state index contributed by atoms with van der Waals surface area (Å²) in [6.07, 6.45) is 6.17. The van der Waals surface area contributed by atoms with E-state index >= 15 is 0 Å². The molecule has 1 aromatic carbocycles. The number of hydrogen-bond acceptors (Lipinski definition) is 7. The number of nitrogens with two attached hydrogens (primary N) is 1. The summed E-state index contributed by atoms with van der Waals surface area (Å²) in [6, 6.07) is 11.1. The zero-order chi connectivity index (χ0) is 23.7. The molecule has 2 aliphatic heterocycles. The lowest BCUT2D eigenvalue weighted by Gasteiger charge is -2.40. The van der Waals surface area contributed by atoms with Crippen LogP contribution in [-0.4, -0.2) is 53.8 Å². The molecular weight excluding hydrogens is 446 g/mol. The summed E-state index contributed by atoms with van der Waals surface area (Å²) in [5, 5.41) is 4.08. The molecule has 3 aromatic rings. The van der Waals surface area contributed by atoms with Gasteiger partial charge in [0.2, 0.25) is 0 Å². The average Bonchev–Trinajstić information content (AvgIpc) is 3.34. The molecule has 0 saturated carbocycles. The van der Waals surface area contributed by atoms with Crippen molar-refractivity contribution in [1.29, 1.82) is 0 Å². The third-order valence-corrected chi connectivity index (χ3v) is 7.94. The molecule has 2 fully saturated rings. The van der Waals surface area contributed by atoms with Crippen molar-refractivity contribution in [2.24, 2.45) is 11.7 Å². The Morgan fingerprint density at radius 1 is 1.21 bits per heavy atom. The molecule has 1 amide bonds. The van der Waals surface area contributed by atoms with Gasteiger partial charge >= 0.3 is 0 Å². The summed E-state index contributed by atoms with van der Waals surface area (Å²) in [6.45, 7) is 5.94. The van der Waals surface area contributed by atoms with Crippen LogP contribution in [0.3, 0.4) is 0 Å². The number of carbonyl (C=O) groups excluding carboxylic acids is 1. The molecule has 8 heteroatoms. The van der Waals surface area contributed by atoms with Crippen LogP contribution in [0.5, 0.6) is 0 Å².